The van der Waals surface area contributed by atoms with Crippen LogP contribution >= 0.6 is 24.0 Å². The van der Waals surface area contributed by atoms with E-state index in [-0.39, 0.29) is 29.8 Å². The molecule has 0 heterocycles. The molecule has 3 nitrogen and oxygen atoms in total. The zero-order valence-electron chi connectivity index (χ0n) is 13.5. The van der Waals surface area contributed by atoms with Gasteiger partial charge in [-0.2, -0.15) is 0 Å². The van der Waals surface area contributed by atoms with Crippen molar-refractivity contribution in [1.82, 2.24) is 10.6 Å². The van der Waals surface area contributed by atoms with Gasteiger partial charge < -0.3 is 10.6 Å². The predicted molar refractivity (Wildman–Crippen MR) is 98.8 cm³/mol. The van der Waals surface area contributed by atoms with Crippen molar-refractivity contribution in [3.05, 3.63) is 35.1 Å². The predicted octanol–water partition coefficient (Wildman–Crippen LogP) is 3.85. The summed E-state index contributed by atoms with van der Waals surface area (Å²) in [5.41, 5.74) is 1.67. The van der Waals surface area contributed by atoms with Crippen LogP contribution in [0.5, 0.6) is 0 Å². The molecule has 0 aliphatic heterocycles. The second-order valence-electron chi connectivity index (χ2n) is 5.46. The highest BCUT2D eigenvalue weighted by molar-refractivity contribution is 14.0. The summed E-state index contributed by atoms with van der Waals surface area (Å²) in [6, 6.07) is 5.47. The van der Waals surface area contributed by atoms with Crippen molar-refractivity contribution in [3.8, 4) is 0 Å². The van der Waals surface area contributed by atoms with Crippen molar-refractivity contribution in [1.29, 1.82) is 0 Å². The van der Waals surface area contributed by atoms with Crippen molar-refractivity contribution in [2.24, 2.45) is 10.9 Å². The maximum absolute atomic E-state index is 13.2. The van der Waals surface area contributed by atoms with Gasteiger partial charge in [-0.05, 0) is 43.9 Å². The highest BCUT2D eigenvalue weighted by Gasteiger charge is 2.08. The Balaban J connectivity index is 0.00000400. The minimum absolute atomic E-state index is 0. The molecular formula is C16H27FIN3. The zero-order valence-corrected chi connectivity index (χ0v) is 15.9. The molecular weight excluding hydrogens is 380 g/mol. The van der Waals surface area contributed by atoms with Crippen LogP contribution in [-0.4, -0.2) is 18.5 Å². The molecule has 1 rings (SSSR count). The summed E-state index contributed by atoms with van der Waals surface area (Å²) >= 11 is 0. The SMILES string of the molecule is CCNC(=NCc1ccc(F)c(C)c1)NC(C)C(C)C.I. The molecule has 0 radical (unpaired) electrons. The van der Waals surface area contributed by atoms with Crippen LogP contribution < -0.4 is 10.6 Å². The summed E-state index contributed by atoms with van der Waals surface area (Å²) in [7, 11) is 0. The third-order valence-corrected chi connectivity index (χ3v) is 3.35. The lowest BCUT2D eigenvalue weighted by molar-refractivity contribution is 0.481. The highest BCUT2D eigenvalue weighted by Crippen LogP contribution is 2.10. The van der Waals surface area contributed by atoms with E-state index in [1.54, 1.807) is 13.0 Å². The second-order valence-corrected chi connectivity index (χ2v) is 5.46. The molecule has 1 aromatic carbocycles. The van der Waals surface area contributed by atoms with E-state index in [0.29, 0.717) is 24.1 Å². The summed E-state index contributed by atoms with van der Waals surface area (Å²) in [4.78, 5) is 4.55. The molecule has 2 N–H and O–H groups in total. The quantitative estimate of drug-likeness (QED) is 0.442. The Morgan fingerprint density at radius 2 is 1.95 bits per heavy atom. The molecule has 0 spiro atoms. The van der Waals surface area contributed by atoms with Crippen LogP contribution in [0.3, 0.4) is 0 Å². The largest absolute Gasteiger partial charge is 0.357 e. The number of nitrogens with zero attached hydrogens (tertiary/aromatic N) is 1. The van der Waals surface area contributed by atoms with Crippen LogP contribution in [0, 0.1) is 18.7 Å². The van der Waals surface area contributed by atoms with Crippen LogP contribution in [0.25, 0.3) is 0 Å². The van der Waals surface area contributed by atoms with Crippen LogP contribution in [0.2, 0.25) is 0 Å². The van der Waals surface area contributed by atoms with Crippen LogP contribution in [0.4, 0.5) is 4.39 Å². The monoisotopic (exact) mass is 407 g/mol. The normalized spacial score (nSPS) is 12.8. The standard InChI is InChI=1S/C16H26FN3.HI/c1-6-18-16(20-13(5)11(2)3)19-10-14-7-8-15(17)12(4)9-14;/h7-9,11,13H,6,10H2,1-5H3,(H2,18,19,20);1H. The average Bonchev–Trinajstić information content (AvgIpc) is 2.39. The van der Waals surface area contributed by atoms with E-state index in [2.05, 4.69) is 36.4 Å². The van der Waals surface area contributed by atoms with E-state index in [0.717, 1.165) is 18.1 Å². The number of hydrogen-bond donors (Lipinski definition) is 2. The molecule has 1 unspecified atom stereocenters. The molecule has 120 valence electrons. The van der Waals surface area contributed by atoms with Crippen molar-refractivity contribution >= 4 is 29.9 Å². The Kier molecular flexibility index (Phi) is 9.57. The maximum atomic E-state index is 13.2. The Bertz CT molecular complexity index is 461. The van der Waals surface area contributed by atoms with E-state index >= 15 is 0 Å². The van der Waals surface area contributed by atoms with Crippen molar-refractivity contribution in [2.75, 3.05) is 6.54 Å². The minimum atomic E-state index is -0.170. The number of benzene rings is 1. The lowest BCUT2D eigenvalue weighted by Gasteiger charge is -2.20. The van der Waals surface area contributed by atoms with Gasteiger partial charge >= 0.3 is 0 Å². The number of aliphatic imine (C=N–C) groups is 1. The van der Waals surface area contributed by atoms with E-state index in [1.807, 2.05) is 13.0 Å². The third-order valence-electron chi connectivity index (χ3n) is 3.35. The summed E-state index contributed by atoms with van der Waals surface area (Å²) in [6.07, 6.45) is 0. The van der Waals surface area contributed by atoms with Gasteiger partial charge in [-0.25, -0.2) is 9.38 Å². The number of rotatable bonds is 5. The molecule has 0 saturated carbocycles. The summed E-state index contributed by atoms with van der Waals surface area (Å²) in [5, 5.41) is 6.61. The fraction of sp³-hybridized carbons (Fsp3) is 0.562. The number of nitrogens with one attached hydrogen (secondary N) is 2. The molecule has 21 heavy (non-hydrogen) atoms. The highest BCUT2D eigenvalue weighted by atomic mass is 127. The molecule has 1 atom stereocenters. The van der Waals surface area contributed by atoms with E-state index < -0.39 is 0 Å². The Morgan fingerprint density at radius 1 is 1.29 bits per heavy atom. The van der Waals surface area contributed by atoms with Gasteiger partial charge in [0.1, 0.15) is 5.82 Å². The number of hydrogen-bond acceptors (Lipinski definition) is 1. The molecule has 1 aromatic rings. The second kappa shape index (κ2) is 9.97. The van der Waals surface area contributed by atoms with Crippen molar-refractivity contribution < 1.29 is 4.39 Å². The Labute approximate surface area is 144 Å². The first kappa shape index (κ1) is 20.1. The van der Waals surface area contributed by atoms with E-state index in [9.17, 15) is 4.39 Å². The molecule has 0 aromatic heterocycles. The van der Waals surface area contributed by atoms with Gasteiger partial charge in [-0.3, -0.25) is 0 Å². The number of aryl methyl sites for hydroxylation is 1. The van der Waals surface area contributed by atoms with Crippen molar-refractivity contribution in [2.45, 2.75) is 47.2 Å². The molecule has 0 bridgehead atoms. The molecule has 0 aliphatic rings. The van der Waals surface area contributed by atoms with Gasteiger partial charge in [0.25, 0.3) is 0 Å². The van der Waals surface area contributed by atoms with E-state index in [1.165, 1.54) is 6.07 Å². The zero-order chi connectivity index (χ0) is 15.1. The molecule has 0 saturated heterocycles. The first-order valence-electron chi connectivity index (χ1n) is 7.24. The van der Waals surface area contributed by atoms with Crippen LogP contribution in [0.1, 0.15) is 38.8 Å². The number of halogens is 2. The smallest absolute Gasteiger partial charge is 0.191 e. The van der Waals surface area contributed by atoms with Gasteiger partial charge in [-0.1, -0.05) is 26.0 Å². The summed E-state index contributed by atoms with van der Waals surface area (Å²) < 4.78 is 13.2. The summed E-state index contributed by atoms with van der Waals surface area (Å²) in [6.45, 7) is 11.7. The van der Waals surface area contributed by atoms with Gasteiger partial charge in [0.15, 0.2) is 5.96 Å². The van der Waals surface area contributed by atoms with E-state index in [4.69, 9.17) is 0 Å². The lowest BCUT2D eigenvalue weighted by Crippen LogP contribution is -2.44. The molecule has 0 aliphatic carbocycles. The number of guanidine groups is 1. The fourth-order valence-electron chi connectivity index (χ4n) is 1.68. The third kappa shape index (κ3) is 7.11. The van der Waals surface area contributed by atoms with Crippen molar-refractivity contribution in [3.63, 3.8) is 0 Å². The first-order valence-corrected chi connectivity index (χ1v) is 7.24. The maximum Gasteiger partial charge on any atom is 0.191 e. The minimum Gasteiger partial charge on any atom is -0.357 e. The Morgan fingerprint density at radius 3 is 2.48 bits per heavy atom. The molecule has 0 fully saturated rings. The van der Waals surface area contributed by atoms with Crippen LogP contribution in [0.15, 0.2) is 23.2 Å². The molecule has 0 amide bonds. The van der Waals surface area contributed by atoms with Gasteiger partial charge in [0.2, 0.25) is 0 Å². The van der Waals surface area contributed by atoms with Gasteiger partial charge in [0.05, 0.1) is 6.54 Å². The Hall–Kier alpha value is -0.850. The fourth-order valence-corrected chi connectivity index (χ4v) is 1.68. The topological polar surface area (TPSA) is 36.4 Å². The molecule has 5 heteroatoms. The summed E-state index contributed by atoms with van der Waals surface area (Å²) in [5.74, 6) is 1.17. The van der Waals surface area contributed by atoms with Gasteiger partial charge in [-0.15, -0.1) is 24.0 Å². The van der Waals surface area contributed by atoms with Gasteiger partial charge in [0, 0.05) is 12.6 Å². The average molecular weight is 407 g/mol. The lowest BCUT2D eigenvalue weighted by atomic mass is 10.1. The van der Waals surface area contributed by atoms with Crippen LogP contribution in [-0.2, 0) is 6.54 Å². The first-order chi connectivity index (χ1) is 9.43.